The summed E-state index contributed by atoms with van der Waals surface area (Å²) in [6.07, 6.45) is 4.29. The fourth-order valence-corrected chi connectivity index (χ4v) is 4.47. The van der Waals surface area contributed by atoms with Crippen LogP contribution in [0.15, 0.2) is 48.7 Å². The summed E-state index contributed by atoms with van der Waals surface area (Å²) in [5.74, 6) is 0.208. The average molecular weight is 462 g/mol. The van der Waals surface area contributed by atoms with Gasteiger partial charge in [-0.05, 0) is 36.6 Å². The van der Waals surface area contributed by atoms with E-state index in [1.165, 1.54) is 0 Å². The van der Waals surface area contributed by atoms with Gasteiger partial charge >= 0.3 is 0 Å². The highest BCUT2D eigenvalue weighted by Crippen LogP contribution is 2.30. The molecule has 0 saturated carbocycles. The van der Waals surface area contributed by atoms with E-state index in [-0.39, 0.29) is 12.5 Å². The van der Waals surface area contributed by atoms with Gasteiger partial charge in [0.25, 0.3) is 11.7 Å². The third kappa shape index (κ3) is 4.48. The Balaban J connectivity index is 1.29. The Morgan fingerprint density at radius 3 is 2.50 bits per heavy atom. The largest absolute Gasteiger partial charge is 0.490 e. The van der Waals surface area contributed by atoms with Crippen LogP contribution in [0.4, 0.5) is 0 Å². The Morgan fingerprint density at radius 1 is 0.912 bits per heavy atom. The van der Waals surface area contributed by atoms with E-state index in [2.05, 4.69) is 5.32 Å². The van der Waals surface area contributed by atoms with Gasteiger partial charge in [-0.2, -0.15) is 0 Å². The van der Waals surface area contributed by atoms with E-state index in [0.29, 0.717) is 55.3 Å². The lowest BCUT2D eigenvalue weighted by Gasteiger charge is -2.13. The van der Waals surface area contributed by atoms with E-state index in [9.17, 15) is 14.4 Å². The van der Waals surface area contributed by atoms with Crippen molar-refractivity contribution in [3.63, 3.8) is 0 Å². The monoisotopic (exact) mass is 461 g/mol. The molecule has 1 aromatic heterocycles. The first-order valence-corrected chi connectivity index (χ1v) is 11.7. The summed E-state index contributed by atoms with van der Waals surface area (Å²) in [5.41, 5.74) is 1.98. The minimum Gasteiger partial charge on any atom is -0.490 e. The fraction of sp³-hybridized carbons (Fsp3) is 0.346. The number of likely N-dealkylation sites (tertiary alicyclic amines) is 1. The number of nitrogens with one attached hydrogen (secondary N) is 1. The number of nitrogens with zero attached hydrogens (tertiary/aromatic N) is 2. The van der Waals surface area contributed by atoms with Gasteiger partial charge in [-0.3, -0.25) is 14.4 Å². The number of benzene rings is 2. The first-order chi connectivity index (χ1) is 16.6. The van der Waals surface area contributed by atoms with Crippen LogP contribution in [-0.2, 0) is 22.7 Å². The number of ether oxygens (including phenoxy) is 2. The van der Waals surface area contributed by atoms with Crippen molar-refractivity contribution in [1.29, 1.82) is 0 Å². The van der Waals surface area contributed by atoms with Crippen LogP contribution in [0, 0.1) is 0 Å². The number of fused-ring (bicyclic) bond motifs is 2. The SMILES string of the molecule is O=C(Cn1cc(C(=O)C(=O)N2CCCC2)c2ccccc21)NCc1ccc2c(c1)OCCCO2. The topological polar surface area (TPSA) is 89.9 Å². The molecule has 2 aliphatic rings. The average Bonchev–Trinajstić information content (AvgIpc) is 3.45. The first kappa shape index (κ1) is 22.0. The van der Waals surface area contributed by atoms with Gasteiger partial charge < -0.3 is 24.3 Å². The van der Waals surface area contributed by atoms with Gasteiger partial charge in [-0.15, -0.1) is 0 Å². The lowest BCUT2D eigenvalue weighted by molar-refractivity contribution is -0.125. The lowest BCUT2D eigenvalue weighted by Crippen LogP contribution is -2.34. The highest BCUT2D eigenvalue weighted by Gasteiger charge is 2.28. The lowest BCUT2D eigenvalue weighted by atomic mass is 10.1. The van der Waals surface area contributed by atoms with Crippen LogP contribution in [0.3, 0.4) is 0 Å². The maximum absolute atomic E-state index is 13.0. The van der Waals surface area contributed by atoms with E-state index in [4.69, 9.17) is 9.47 Å². The summed E-state index contributed by atoms with van der Waals surface area (Å²) in [6, 6.07) is 13.0. The number of carbonyl (C=O) groups excluding carboxylic acids is 3. The van der Waals surface area contributed by atoms with Crippen LogP contribution in [0.2, 0.25) is 0 Å². The zero-order valence-corrected chi connectivity index (χ0v) is 18.9. The molecule has 2 aromatic carbocycles. The van der Waals surface area contributed by atoms with E-state index < -0.39 is 11.7 Å². The Morgan fingerprint density at radius 2 is 1.68 bits per heavy atom. The number of aromatic nitrogens is 1. The number of ketones is 1. The summed E-state index contributed by atoms with van der Waals surface area (Å²) in [7, 11) is 0. The van der Waals surface area contributed by atoms with Crippen LogP contribution >= 0.6 is 0 Å². The molecule has 8 heteroatoms. The normalized spacial score (nSPS) is 15.2. The van der Waals surface area contributed by atoms with Gasteiger partial charge in [-0.25, -0.2) is 0 Å². The zero-order valence-electron chi connectivity index (χ0n) is 18.9. The van der Waals surface area contributed by atoms with Crippen molar-refractivity contribution in [1.82, 2.24) is 14.8 Å². The van der Waals surface area contributed by atoms with Gasteiger partial charge in [0.2, 0.25) is 5.91 Å². The highest BCUT2D eigenvalue weighted by atomic mass is 16.5. The highest BCUT2D eigenvalue weighted by molar-refractivity contribution is 6.44. The summed E-state index contributed by atoms with van der Waals surface area (Å²) in [4.78, 5) is 40.0. The molecule has 0 radical (unpaired) electrons. The number of carbonyl (C=O) groups is 3. The second kappa shape index (κ2) is 9.59. The second-order valence-corrected chi connectivity index (χ2v) is 8.62. The molecule has 0 unspecified atom stereocenters. The van der Waals surface area contributed by atoms with Crippen LogP contribution in [0.25, 0.3) is 10.9 Å². The molecule has 0 aliphatic carbocycles. The maximum atomic E-state index is 13.0. The van der Waals surface area contributed by atoms with Gasteiger partial charge in [0, 0.05) is 43.2 Å². The van der Waals surface area contributed by atoms with Gasteiger partial charge in [0.05, 0.1) is 18.8 Å². The predicted octanol–water partition coefficient (Wildman–Crippen LogP) is 2.92. The molecule has 3 aromatic rings. The molecule has 1 saturated heterocycles. The molecule has 5 rings (SSSR count). The van der Waals surface area contributed by atoms with Crippen LogP contribution in [-0.4, -0.2) is 53.4 Å². The van der Waals surface area contributed by atoms with Crippen molar-refractivity contribution in [2.75, 3.05) is 26.3 Å². The quantitative estimate of drug-likeness (QED) is 0.450. The maximum Gasteiger partial charge on any atom is 0.295 e. The predicted molar refractivity (Wildman–Crippen MR) is 126 cm³/mol. The Hall–Kier alpha value is -3.81. The fourth-order valence-electron chi connectivity index (χ4n) is 4.47. The summed E-state index contributed by atoms with van der Waals surface area (Å²) in [5, 5.41) is 3.60. The molecule has 0 spiro atoms. The second-order valence-electron chi connectivity index (χ2n) is 8.62. The van der Waals surface area contributed by atoms with Crippen LogP contribution < -0.4 is 14.8 Å². The third-order valence-electron chi connectivity index (χ3n) is 6.24. The number of amides is 2. The molecular formula is C26H27N3O5. The molecule has 8 nitrogen and oxygen atoms in total. The van der Waals surface area contributed by atoms with Crippen LogP contribution in [0.5, 0.6) is 11.5 Å². The van der Waals surface area contributed by atoms with Crippen molar-refractivity contribution >= 4 is 28.5 Å². The van der Waals surface area contributed by atoms with Crippen molar-refractivity contribution in [2.45, 2.75) is 32.4 Å². The molecular weight excluding hydrogens is 434 g/mol. The van der Waals surface area contributed by atoms with Gasteiger partial charge in [0.15, 0.2) is 11.5 Å². The molecule has 2 aliphatic heterocycles. The minimum atomic E-state index is -0.524. The van der Waals surface area contributed by atoms with E-state index in [1.54, 1.807) is 15.7 Å². The number of hydrogen-bond donors (Lipinski definition) is 1. The number of para-hydroxylation sites is 1. The standard InChI is InChI=1S/C26H27N3O5/c30-24(27-15-18-8-9-22-23(14-18)34-13-5-12-33-22)17-29-16-20(19-6-1-2-7-21(19)29)25(31)26(32)28-10-3-4-11-28/h1-2,6-9,14,16H,3-5,10-13,15,17H2,(H,27,30). The Kier molecular flexibility index (Phi) is 6.20. The van der Waals surface area contributed by atoms with Crippen molar-refractivity contribution < 1.29 is 23.9 Å². The molecule has 0 bridgehead atoms. The van der Waals surface area contributed by atoms with Gasteiger partial charge in [-0.1, -0.05) is 24.3 Å². The number of Topliss-reactive ketones (excluding diaryl/α,β-unsaturated/α-hetero) is 1. The molecule has 1 fully saturated rings. The molecule has 34 heavy (non-hydrogen) atoms. The summed E-state index contributed by atoms with van der Waals surface area (Å²) < 4.78 is 13.1. The van der Waals surface area contributed by atoms with Crippen molar-refractivity contribution in [3.8, 4) is 11.5 Å². The molecule has 1 N–H and O–H groups in total. The first-order valence-electron chi connectivity index (χ1n) is 11.7. The number of hydrogen-bond acceptors (Lipinski definition) is 5. The Labute approximate surface area is 197 Å². The zero-order chi connectivity index (χ0) is 23.5. The Bertz CT molecular complexity index is 1240. The summed E-state index contributed by atoms with van der Waals surface area (Å²) in [6.45, 7) is 2.84. The molecule has 0 atom stereocenters. The smallest absolute Gasteiger partial charge is 0.295 e. The van der Waals surface area contributed by atoms with E-state index in [1.807, 2.05) is 42.5 Å². The van der Waals surface area contributed by atoms with Crippen molar-refractivity contribution in [2.24, 2.45) is 0 Å². The molecule has 2 amide bonds. The third-order valence-corrected chi connectivity index (χ3v) is 6.24. The van der Waals surface area contributed by atoms with Gasteiger partial charge in [0.1, 0.15) is 6.54 Å². The molecule has 3 heterocycles. The number of rotatable bonds is 6. The summed E-state index contributed by atoms with van der Waals surface area (Å²) >= 11 is 0. The van der Waals surface area contributed by atoms with E-state index in [0.717, 1.165) is 30.3 Å². The van der Waals surface area contributed by atoms with Crippen molar-refractivity contribution in [3.05, 3.63) is 59.8 Å². The van der Waals surface area contributed by atoms with Crippen LogP contribution in [0.1, 0.15) is 35.2 Å². The minimum absolute atomic E-state index is 0.0379. The van der Waals surface area contributed by atoms with E-state index >= 15 is 0 Å². The molecule has 176 valence electrons.